The molecule has 1 atom stereocenters. The Morgan fingerprint density at radius 2 is 2.14 bits per heavy atom. The highest BCUT2D eigenvalue weighted by Gasteiger charge is 2.17. The van der Waals surface area contributed by atoms with E-state index >= 15 is 0 Å². The molecule has 0 fully saturated rings. The summed E-state index contributed by atoms with van der Waals surface area (Å²) in [6.45, 7) is 4.25. The van der Waals surface area contributed by atoms with E-state index in [4.69, 9.17) is 16.1 Å². The van der Waals surface area contributed by atoms with Crippen LogP contribution in [0.1, 0.15) is 31.1 Å². The predicted octanol–water partition coefficient (Wildman–Crippen LogP) is 3.24. The van der Waals surface area contributed by atoms with Crippen molar-refractivity contribution in [3.8, 4) is 0 Å². The summed E-state index contributed by atoms with van der Waals surface area (Å²) < 4.78 is 19.1. The van der Waals surface area contributed by atoms with Crippen molar-refractivity contribution >= 4 is 11.6 Å². The molecular weight excluding hydrogens is 293 g/mol. The topological polar surface area (TPSA) is 51.0 Å². The Kier molecular flexibility index (Phi) is 5.31. The van der Waals surface area contributed by atoms with Gasteiger partial charge in [0, 0.05) is 18.9 Å². The van der Waals surface area contributed by atoms with E-state index in [2.05, 4.69) is 29.3 Å². The zero-order chi connectivity index (χ0) is 15.4. The van der Waals surface area contributed by atoms with Gasteiger partial charge in [0.05, 0.1) is 5.02 Å². The molecule has 0 radical (unpaired) electrons. The van der Waals surface area contributed by atoms with Crippen LogP contribution in [0.15, 0.2) is 22.7 Å². The SMILES string of the molecule is CNC(Cc1nc(Cc2cccc(Cl)c2F)no1)C(C)C. The summed E-state index contributed by atoms with van der Waals surface area (Å²) in [5, 5.41) is 7.23. The highest BCUT2D eigenvalue weighted by molar-refractivity contribution is 6.30. The third kappa shape index (κ3) is 4.02. The molecule has 1 N–H and O–H groups in total. The van der Waals surface area contributed by atoms with E-state index in [0.717, 1.165) is 0 Å². The fraction of sp³-hybridized carbons (Fsp3) is 0.467. The second-order valence-electron chi connectivity index (χ2n) is 5.34. The van der Waals surface area contributed by atoms with Crippen LogP contribution in [0.2, 0.25) is 5.02 Å². The Bertz CT molecular complexity index is 600. The van der Waals surface area contributed by atoms with Crippen LogP contribution in [0.4, 0.5) is 4.39 Å². The molecule has 2 rings (SSSR count). The van der Waals surface area contributed by atoms with Crippen LogP contribution in [-0.4, -0.2) is 23.2 Å². The highest BCUT2D eigenvalue weighted by atomic mass is 35.5. The van der Waals surface area contributed by atoms with Gasteiger partial charge >= 0.3 is 0 Å². The first-order chi connectivity index (χ1) is 10.0. The van der Waals surface area contributed by atoms with Crippen LogP contribution >= 0.6 is 11.6 Å². The van der Waals surface area contributed by atoms with Crippen LogP contribution in [0, 0.1) is 11.7 Å². The smallest absolute Gasteiger partial charge is 0.228 e. The molecule has 6 heteroatoms. The molecule has 0 saturated heterocycles. The summed E-state index contributed by atoms with van der Waals surface area (Å²) in [4.78, 5) is 4.32. The van der Waals surface area contributed by atoms with Crippen molar-refractivity contribution in [3.63, 3.8) is 0 Å². The van der Waals surface area contributed by atoms with E-state index in [9.17, 15) is 4.39 Å². The lowest BCUT2D eigenvalue weighted by molar-refractivity contribution is 0.333. The van der Waals surface area contributed by atoms with Gasteiger partial charge in [-0.2, -0.15) is 4.98 Å². The van der Waals surface area contributed by atoms with E-state index in [0.29, 0.717) is 29.6 Å². The van der Waals surface area contributed by atoms with Gasteiger partial charge in [-0.25, -0.2) is 4.39 Å². The molecule has 1 heterocycles. The van der Waals surface area contributed by atoms with Gasteiger partial charge in [-0.3, -0.25) is 0 Å². The van der Waals surface area contributed by atoms with Gasteiger partial charge in [0.1, 0.15) is 5.82 Å². The number of aromatic nitrogens is 2. The van der Waals surface area contributed by atoms with Crippen LogP contribution in [0.25, 0.3) is 0 Å². The molecule has 0 bridgehead atoms. The molecule has 1 unspecified atom stereocenters. The van der Waals surface area contributed by atoms with Gasteiger partial charge in [0.25, 0.3) is 0 Å². The maximum absolute atomic E-state index is 13.8. The van der Waals surface area contributed by atoms with E-state index in [1.54, 1.807) is 12.1 Å². The summed E-state index contributed by atoms with van der Waals surface area (Å²) >= 11 is 5.76. The molecule has 0 aliphatic rings. The maximum atomic E-state index is 13.8. The van der Waals surface area contributed by atoms with Crippen molar-refractivity contribution in [2.75, 3.05) is 7.05 Å². The maximum Gasteiger partial charge on any atom is 0.228 e. The summed E-state index contributed by atoms with van der Waals surface area (Å²) in [6.07, 6.45) is 0.918. The second-order valence-corrected chi connectivity index (χ2v) is 5.74. The molecular formula is C15H19ClFN3O. The highest BCUT2D eigenvalue weighted by Crippen LogP contribution is 2.20. The standard InChI is InChI=1S/C15H19ClFN3O/c1-9(2)12(18-3)8-14-19-13(20-21-14)7-10-5-4-6-11(16)15(10)17/h4-6,9,12,18H,7-8H2,1-3H3. The Labute approximate surface area is 128 Å². The summed E-state index contributed by atoms with van der Waals surface area (Å²) in [5.41, 5.74) is 0.462. The minimum Gasteiger partial charge on any atom is -0.339 e. The fourth-order valence-corrected chi connectivity index (χ4v) is 2.35. The number of nitrogens with zero attached hydrogens (tertiary/aromatic N) is 2. The van der Waals surface area contributed by atoms with Crippen LogP contribution < -0.4 is 5.32 Å². The Morgan fingerprint density at radius 1 is 1.38 bits per heavy atom. The van der Waals surface area contributed by atoms with Gasteiger partial charge < -0.3 is 9.84 Å². The van der Waals surface area contributed by atoms with Gasteiger partial charge in [-0.1, -0.05) is 42.7 Å². The van der Waals surface area contributed by atoms with Crippen LogP contribution in [0.5, 0.6) is 0 Å². The molecule has 2 aromatic rings. The average molecular weight is 312 g/mol. The average Bonchev–Trinajstić information content (AvgIpc) is 2.88. The van der Waals surface area contributed by atoms with Gasteiger partial charge in [-0.05, 0) is 24.6 Å². The number of nitrogens with one attached hydrogen (secondary N) is 1. The van der Waals surface area contributed by atoms with Crippen molar-refractivity contribution in [3.05, 3.63) is 46.3 Å². The summed E-state index contributed by atoms with van der Waals surface area (Å²) in [7, 11) is 1.91. The predicted molar refractivity (Wildman–Crippen MR) is 79.9 cm³/mol. The molecule has 4 nitrogen and oxygen atoms in total. The number of hydrogen-bond donors (Lipinski definition) is 1. The second kappa shape index (κ2) is 7.00. The first-order valence-corrected chi connectivity index (χ1v) is 7.30. The lowest BCUT2D eigenvalue weighted by Crippen LogP contribution is -2.32. The van der Waals surface area contributed by atoms with Gasteiger partial charge in [-0.15, -0.1) is 0 Å². The number of rotatable bonds is 6. The number of benzene rings is 1. The molecule has 0 amide bonds. The van der Waals surface area contributed by atoms with Gasteiger partial charge in [0.2, 0.25) is 5.89 Å². The summed E-state index contributed by atoms with van der Waals surface area (Å²) in [5.74, 6) is 1.04. The van der Waals surface area contributed by atoms with Crippen molar-refractivity contribution < 1.29 is 8.91 Å². The number of halogens is 2. The minimum absolute atomic E-state index is 0.103. The number of hydrogen-bond acceptors (Lipinski definition) is 4. The zero-order valence-electron chi connectivity index (χ0n) is 12.4. The Morgan fingerprint density at radius 3 is 2.81 bits per heavy atom. The molecule has 114 valence electrons. The lowest BCUT2D eigenvalue weighted by atomic mass is 10.0. The monoisotopic (exact) mass is 311 g/mol. The first-order valence-electron chi connectivity index (χ1n) is 6.93. The Balaban J connectivity index is 2.08. The molecule has 1 aromatic carbocycles. The van der Waals surface area contributed by atoms with Crippen molar-refractivity contribution in [1.29, 1.82) is 0 Å². The third-order valence-electron chi connectivity index (χ3n) is 3.46. The summed E-state index contributed by atoms with van der Waals surface area (Å²) in [6, 6.07) is 5.16. The normalized spacial score (nSPS) is 12.9. The largest absolute Gasteiger partial charge is 0.339 e. The van der Waals surface area contributed by atoms with Crippen molar-refractivity contribution in [1.82, 2.24) is 15.5 Å². The van der Waals surface area contributed by atoms with Crippen molar-refractivity contribution in [2.45, 2.75) is 32.7 Å². The van der Waals surface area contributed by atoms with E-state index in [1.165, 1.54) is 6.07 Å². The fourth-order valence-electron chi connectivity index (χ4n) is 2.16. The van der Waals surface area contributed by atoms with E-state index < -0.39 is 5.82 Å². The van der Waals surface area contributed by atoms with Crippen LogP contribution in [-0.2, 0) is 12.8 Å². The van der Waals surface area contributed by atoms with E-state index in [-0.39, 0.29) is 17.5 Å². The lowest BCUT2D eigenvalue weighted by Gasteiger charge is -2.17. The molecule has 1 aromatic heterocycles. The minimum atomic E-state index is -0.430. The van der Waals surface area contributed by atoms with Crippen molar-refractivity contribution in [2.24, 2.45) is 5.92 Å². The Hall–Kier alpha value is -1.46. The van der Waals surface area contributed by atoms with Gasteiger partial charge in [0.15, 0.2) is 5.82 Å². The molecule has 0 saturated carbocycles. The molecule has 0 aliphatic heterocycles. The molecule has 0 spiro atoms. The third-order valence-corrected chi connectivity index (χ3v) is 3.75. The quantitative estimate of drug-likeness (QED) is 0.890. The first kappa shape index (κ1) is 15.9. The van der Waals surface area contributed by atoms with Crippen LogP contribution in [0.3, 0.4) is 0 Å². The molecule has 21 heavy (non-hydrogen) atoms. The number of likely N-dealkylation sites (N-methyl/N-ethyl adjacent to an activating group) is 1. The molecule has 0 aliphatic carbocycles. The zero-order valence-corrected chi connectivity index (χ0v) is 13.1. The van der Waals surface area contributed by atoms with E-state index in [1.807, 2.05) is 7.05 Å².